The van der Waals surface area contributed by atoms with Gasteiger partial charge in [0.05, 0.1) is 0 Å². The molecule has 0 saturated heterocycles. The van der Waals surface area contributed by atoms with Crippen molar-refractivity contribution in [3.8, 4) is 0 Å². The third-order valence-corrected chi connectivity index (χ3v) is 6.41. The van der Waals surface area contributed by atoms with E-state index in [-0.39, 0.29) is 0 Å². The molecule has 0 atom stereocenters. The van der Waals surface area contributed by atoms with Gasteiger partial charge >= 0.3 is 0 Å². The van der Waals surface area contributed by atoms with Gasteiger partial charge in [-0.2, -0.15) is 0 Å². The van der Waals surface area contributed by atoms with Gasteiger partial charge < -0.3 is 5.73 Å². The Hall–Kier alpha value is -0.980. The van der Waals surface area contributed by atoms with Crippen molar-refractivity contribution in [2.75, 3.05) is 5.73 Å². The monoisotopic (exact) mass is 299 g/mol. The van der Waals surface area contributed by atoms with E-state index >= 15 is 0 Å². The highest BCUT2D eigenvalue weighted by atomic mass is 14.5. The molecule has 0 unspecified atom stereocenters. The minimum Gasteiger partial charge on any atom is -0.399 e. The van der Waals surface area contributed by atoms with Crippen LogP contribution in [0.3, 0.4) is 0 Å². The Kier molecular flexibility index (Phi) is 5.44. The average molecular weight is 300 g/mol. The molecule has 3 rings (SSSR count). The summed E-state index contributed by atoms with van der Waals surface area (Å²) in [7, 11) is 0. The second-order valence-electron chi connectivity index (χ2n) is 7.85. The first-order valence-corrected chi connectivity index (χ1v) is 9.61. The Morgan fingerprint density at radius 3 is 2.14 bits per heavy atom. The second-order valence-corrected chi connectivity index (χ2v) is 7.85. The first-order valence-electron chi connectivity index (χ1n) is 9.61. The SMILES string of the molecule is CCCC1CCC(C2CCC(c3cccc(N)c3)CC2)CC1. The summed E-state index contributed by atoms with van der Waals surface area (Å²) in [6.45, 7) is 2.34. The molecule has 22 heavy (non-hydrogen) atoms. The fraction of sp³-hybridized carbons (Fsp3) is 0.714. The van der Waals surface area contributed by atoms with Crippen molar-refractivity contribution >= 4 is 5.69 Å². The maximum Gasteiger partial charge on any atom is 0.0316 e. The molecule has 0 radical (unpaired) electrons. The molecule has 0 amide bonds. The van der Waals surface area contributed by atoms with Crippen LogP contribution in [0.4, 0.5) is 5.69 Å². The van der Waals surface area contributed by atoms with Gasteiger partial charge in [0.25, 0.3) is 0 Å². The molecule has 2 aliphatic rings. The highest BCUT2D eigenvalue weighted by Gasteiger charge is 2.31. The molecular weight excluding hydrogens is 266 g/mol. The van der Waals surface area contributed by atoms with Crippen LogP contribution in [0.15, 0.2) is 24.3 Å². The zero-order chi connectivity index (χ0) is 15.4. The van der Waals surface area contributed by atoms with Crippen LogP contribution in [0.1, 0.15) is 82.6 Å². The Labute approximate surface area is 136 Å². The summed E-state index contributed by atoms with van der Waals surface area (Å²) in [6.07, 6.45) is 14.5. The van der Waals surface area contributed by atoms with Crippen molar-refractivity contribution in [3.63, 3.8) is 0 Å². The van der Waals surface area contributed by atoms with E-state index in [4.69, 9.17) is 5.73 Å². The fourth-order valence-corrected chi connectivity index (χ4v) is 5.09. The Balaban J connectivity index is 1.48. The van der Waals surface area contributed by atoms with E-state index in [0.29, 0.717) is 0 Å². The Bertz CT molecular complexity index is 451. The lowest BCUT2D eigenvalue weighted by Gasteiger charge is -2.38. The third kappa shape index (κ3) is 3.86. The van der Waals surface area contributed by atoms with Gasteiger partial charge in [0.1, 0.15) is 0 Å². The van der Waals surface area contributed by atoms with Crippen LogP contribution in [0.5, 0.6) is 0 Å². The molecule has 1 aromatic rings. The Morgan fingerprint density at radius 2 is 1.55 bits per heavy atom. The molecule has 0 heterocycles. The zero-order valence-electron chi connectivity index (χ0n) is 14.3. The summed E-state index contributed by atoms with van der Waals surface area (Å²) in [4.78, 5) is 0. The molecule has 0 bridgehead atoms. The number of benzene rings is 1. The molecule has 1 nitrogen and oxygen atoms in total. The average Bonchev–Trinajstić information content (AvgIpc) is 2.56. The summed E-state index contributed by atoms with van der Waals surface area (Å²) in [5, 5.41) is 0. The maximum atomic E-state index is 5.95. The molecule has 2 N–H and O–H groups in total. The van der Waals surface area contributed by atoms with Crippen LogP contribution in [0, 0.1) is 17.8 Å². The minimum atomic E-state index is 0.760. The Morgan fingerprint density at radius 1 is 0.909 bits per heavy atom. The second kappa shape index (κ2) is 7.53. The summed E-state index contributed by atoms with van der Waals surface area (Å²) < 4.78 is 0. The molecule has 122 valence electrons. The van der Waals surface area contributed by atoms with Gasteiger partial charge in [-0.1, -0.05) is 44.7 Å². The molecule has 2 aliphatic carbocycles. The van der Waals surface area contributed by atoms with Crippen molar-refractivity contribution in [3.05, 3.63) is 29.8 Å². The van der Waals surface area contributed by atoms with Crippen LogP contribution in [-0.2, 0) is 0 Å². The minimum absolute atomic E-state index is 0.760. The van der Waals surface area contributed by atoms with E-state index < -0.39 is 0 Å². The highest BCUT2D eigenvalue weighted by Crippen LogP contribution is 2.44. The normalized spacial score (nSPS) is 32.8. The maximum absolute atomic E-state index is 5.95. The summed E-state index contributed by atoms with van der Waals surface area (Å²) in [5.41, 5.74) is 8.35. The van der Waals surface area contributed by atoms with E-state index in [1.165, 1.54) is 69.8 Å². The van der Waals surface area contributed by atoms with Crippen molar-refractivity contribution in [2.45, 2.75) is 77.0 Å². The van der Waals surface area contributed by atoms with Crippen LogP contribution in [0.2, 0.25) is 0 Å². The molecule has 1 aromatic carbocycles. The van der Waals surface area contributed by atoms with Gasteiger partial charge in [-0.05, 0) is 79.9 Å². The van der Waals surface area contributed by atoms with E-state index in [0.717, 1.165) is 29.4 Å². The molecule has 0 aromatic heterocycles. The quantitative estimate of drug-likeness (QED) is 0.663. The molecule has 2 saturated carbocycles. The fourth-order valence-electron chi connectivity index (χ4n) is 5.09. The number of hydrogen-bond acceptors (Lipinski definition) is 1. The summed E-state index contributed by atoms with van der Waals surface area (Å²) >= 11 is 0. The lowest BCUT2D eigenvalue weighted by atomic mass is 9.68. The first-order chi connectivity index (χ1) is 10.8. The van der Waals surface area contributed by atoms with Gasteiger partial charge in [0.15, 0.2) is 0 Å². The van der Waals surface area contributed by atoms with E-state index in [1.807, 2.05) is 6.07 Å². The smallest absolute Gasteiger partial charge is 0.0316 e. The van der Waals surface area contributed by atoms with Crippen molar-refractivity contribution in [1.29, 1.82) is 0 Å². The number of rotatable bonds is 4. The largest absolute Gasteiger partial charge is 0.399 e. The standard InChI is InChI=1S/C21H33N/c1-2-4-16-7-9-17(10-8-16)18-11-13-19(14-12-18)20-5-3-6-21(22)15-20/h3,5-6,15-19H,2,4,7-14,22H2,1H3. The lowest BCUT2D eigenvalue weighted by molar-refractivity contribution is 0.156. The van der Waals surface area contributed by atoms with Gasteiger partial charge in [-0.15, -0.1) is 0 Å². The van der Waals surface area contributed by atoms with Gasteiger partial charge in [-0.25, -0.2) is 0 Å². The number of anilines is 1. The van der Waals surface area contributed by atoms with Crippen molar-refractivity contribution in [2.24, 2.45) is 17.8 Å². The van der Waals surface area contributed by atoms with E-state index in [2.05, 4.69) is 25.1 Å². The number of nitrogens with two attached hydrogens (primary N) is 1. The lowest BCUT2D eigenvalue weighted by Crippen LogP contribution is -2.25. The van der Waals surface area contributed by atoms with Gasteiger partial charge in [0, 0.05) is 5.69 Å². The van der Waals surface area contributed by atoms with Gasteiger partial charge in [0.2, 0.25) is 0 Å². The van der Waals surface area contributed by atoms with Crippen molar-refractivity contribution < 1.29 is 0 Å². The summed E-state index contributed by atoms with van der Waals surface area (Å²) in [5.74, 6) is 3.86. The third-order valence-electron chi connectivity index (χ3n) is 6.41. The molecule has 2 fully saturated rings. The number of nitrogen functional groups attached to an aromatic ring is 1. The van der Waals surface area contributed by atoms with Crippen LogP contribution >= 0.6 is 0 Å². The number of hydrogen-bond donors (Lipinski definition) is 1. The zero-order valence-corrected chi connectivity index (χ0v) is 14.3. The van der Waals surface area contributed by atoms with Crippen LogP contribution < -0.4 is 5.73 Å². The van der Waals surface area contributed by atoms with Crippen LogP contribution in [-0.4, -0.2) is 0 Å². The predicted octanol–water partition coefficient (Wildman–Crippen LogP) is 6.15. The van der Waals surface area contributed by atoms with E-state index in [1.54, 1.807) is 0 Å². The topological polar surface area (TPSA) is 26.0 Å². The molecule has 1 heteroatoms. The predicted molar refractivity (Wildman–Crippen MR) is 95.9 cm³/mol. The molecule has 0 aliphatic heterocycles. The molecular formula is C21H33N. The van der Waals surface area contributed by atoms with Crippen molar-refractivity contribution in [1.82, 2.24) is 0 Å². The highest BCUT2D eigenvalue weighted by molar-refractivity contribution is 5.41. The summed E-state index contributed by atoms with van der Waals surface area (Å²) in [6, 6.07) is 8.59. The first kappa shape index (κ1) is 15.9. The van der Waals surface area contributed by atoms with Crippen LogP contribution in [0.25, 0.3) is 0 Å². The molecule has 0 spiro atoms. The van der Waals surface area contributed by atoms with Gasteiger partial charge in [-0.3, -0.25) is 0 Å². The van der Waals surface area contributed by atoms with E-state index in [9.17, 15) is 0 Å².